The van der Waals surface area contributed by atoms with Crippen molar-refractivity contribution >= 4 is 0 Å². The molecule has 1 rings (SSSR count). The van der Waals surface area contributed by atoms with Crippen molar-refractivity contribution in [2.75, 3.05) is 0 Å². The molecule has 0 aliphatic carbocycles. The van der Waals surface area contributed by atoms with Crippen LogP contribution >= 0.6 is 0 Å². The topological polar surface area (TPSA) is 38.1 Å². The van der Waals surface area contributed by atoms with Crippen molar-refractivity contribution < 1.29 is 5.11 Å². The molecule has 0 aromatic carbocycles. The summed E-state index contributed by atoms with van der Waals surface area (Å²) < 4.78 is 1.82. The number of aromatic nitrogens is 2. The number of hydrogen-bond acceptors (Lipinski definition) is 2. The van der Waals surface area contributed by atoms with Gasteiger partial charge in [0.15, 0.2) is 0 Å². The van der Waals surface area contributed by atoms with E-state index in [0.717, 1.165) is 11.3 Å². The molecule has 0 unspecified atom stereocenters. The second kappa shape index (κ2) is 2.57. The maximum atomic E-state index is 9.24. The molecule has 0 bridgehead atoms. The molecular formula is C8H14N2O. The van der Waals surface area contributed by atoms with E-state index < -0.39 is 0 Å². The third-order valence-electron chi connectivity index (χ3n) is 1.91. The molecule has 1 aromatic heterocycles. The van der Waals surface area contributed by atoms with Crippen LogP contribution < -0.4 is 0 Å². The zero-order valence-corrected chi connectivity index (χ0v) is 7.42. The standard InChI is InChI=1S/C8H14N2O/c1-5(2)10-7(4)6(3)8(11)9-10/h5H,1-4H3,(H,9,11). The van der Waals surface area contributed by atoms with Crippen LogP contribution in [-0.2, 0) is 0 Å². The highest BCUT2D eigenvalue weighted by atomic mass is 16.3. The second-order valence-corrected chi connectivity index (χ2v) is 3.07. The zero-order valence-electron chi connectivity index (χ0n) is 7.42. The molecule has 62 valence electrons. The molecule has 0 saturated heterocycles. The van der Waals surface area contributed by atoms with Gasteiger partial charge in [-0.25, -0.2) is 0 Å². The highest BCUT2D eigenvalue weighted by Crippen LogP contribution is 2.20. The van der Waals surface area contributed by atoms with Gasteiger partial charge in [0.25, 0.3) is 0 Å². The molecule has 0 radical (unpaired) electrons. The lowest BCUT2D eigenvalue weighted by molar-refractivity contribution is 0.422. The van der Waals surface area contributed by atoms with Gasteiger partial charge < -0.3 is 5.11 Å². The predicted octanol–water partition coefficient (Wildman–Crippen LogP) is 1.79. The monoisotopic (exact) mass is 154 g/mol. The first kappa shape index (κ1) is 8.11. The quantitative estimate of drug-likeness (QED) is 0.669. The van der Waals surface area contributed by atoms with Crippen molar-refractivity contribution in [1.29, 1.82) is 0 Å². The van der Waals surface area contributed by atoms with E-state index in [1.807, 2.05) is 32.4 Å². The molecule has 0 spiro atoms. The van der Waals surface area contributed by atoms with E-state index >= 15 is 0 Å². The van der Waals surface area contributed by atoms with E-state index in [0.29, 0.717) is 6.04 Å². The molecule has 0 aliphatic rings. The molecule has 3 heteroatoms. The molecule has 0 atom stereocenters. The molecule has 0 amide bonds. The summed E-state index contributed by atoms with van der Waals surface area (Å²) in [5, 5.41) is 13.2. The minimum atomic E-state index is 0.149. The van der Waals surface area contributed by atoms with Crippen molar-refractivity contribution in [3.8, 4) is 5.88 Å². The summed E-state index contributed by atoms with van der Waals surface area (Å²) in [4.78, 5) is 0. The molecule has 11 heavy (non-hydrogen) atoms. The van der Waals surface area contributed by atoms with Crippen LogP contribution in [0.5, 0.6) is 5.88 Å². The number of rotatable bonds is 1. The van der Waals surface area contributed by atoms with Gasteiger partial charge in [-0.05, 0) is 27.7 Å². The first-order valence-corrected chi connectivity index (χ1v) is 3.78. The Hall–Kier alpha value is -0.990. The summed E-state index contributed by atoms with van der Waals surface area (Å²) in [5.41, 5.74) is 1.91. The fraction of sp³-hybridized carbons (Fsp3) is 0.625. The second-order valence-electron chi connectivity index (χ2n) is 3.07. The van der Waals surface area contributed by atoms with E-state index in [9.17, 15) is 5.11 Å². The summed E-state index contributed by atoms with van der Waals surface area (Å²) >= 11 is 0. The largest absolute Gasteiger partial charge is 0.492 e. The van der Waals surface area contributed by atoms with Crippen molar-refractivity contribution in [3.63, 3.8) is 0 Å². The Kier molecular flexibility index (Phi) is 1.89. The maximum absolute atomic E-state index is 9.24. The summed E-state index contributed by atoms with van der Waals surface area (Å²) in [6, 6.07) is 0.314. The van der Waals surface area contributed by atoms with Crippen molar-refractivity contribution in [1.82, 2.24) is 9.78 Å². The fourth-order valence-corrected chi connectivity index (χ4v) is 1.09. The Morgan fingerprint density at radius 1 is 1.36 bits per heavy atom. The van der Waals surface area contributed by atoms with E-state index in [2.05, 4.69) is 5.10 Å². The molecule has 1 aromatic rings. The molecule has 0 fully saturated rings. The van der Waals surface area contributed by atoms with Crippen molar-refractivity contribution in [3.05, 3.63) is 11.3 Å². The molecule has 0 saturated carbocycles. The van der Waals surface area contributed by atoms with Crippen molar-refractivity contribution in [2.45, 2.75) is 33.7 Å². The Labute approximate surface area is 66.7 Å². The number of nitrogens with zero attached hydrogens (tertiary/aromatic N) is 2. The van der Waals surface area contributed by atoms with E-state index in [1.54, 1.807) is 0 Å². The molecule has 1 N–H and O–H groups in total. The lowest BCUT2D eigenvalue weighted by Gasteiger charge is -2.06. The Morgan fingerprint density at radius 2 is 1.91 bits per heavy atom. The predicted molar refractivity (Wildman–Crippen MR) is 43.8 cm³/mol. The molecular weight excluding hydrogens is 140 g/mol. The van der Waals surface area contributed by atoms with Gasteiger partial charge in [0, 0.05) is 17.3 Å². The normalized spacial score (nSPS) is 11.0. The summed E-state index contributed by atoms with van der Waals surface area (Å²) in [5.74, 6) is 0.149. The Morgan fingerprint density at radius 3 is 2.09 bits per heavy atom. The van der Waals surface area contributed by atoms with E-state index in [4.69, 9.17) is 0 Å². The van der Waals surface area contributed by atoms with Gasteiger partial charge in [-0.2, -0.15) is 0 Å². The van der Waals surface area contributed by atoms with Crippen LogP contribution in [0.3, 0.4) is 0 Å². The first-order valence-electron chi connectivity index (χ1n) is 3.78. The van der Waals surface area contributed by atoms with E-state index in [1.165, 1.54) is 0 Å². The van der Waals surface area contributed by atoms with Gasteiger partial charge >= 0.3 is 0 Å². The smallest absolute Gasteiger partial charge is 0.233 e. The minimum Gasteiger partial charge on any atom is -0.492 e. The van der Waals surface area contributed by atoms with Crippen LogP contribution in [0, 0.1) is 13.8 Å². The Bertz CT molecular complexity index is 263. The minimum absolute atomic E-state index is 0.149. The zero-order chi connectivity index (χ0) is 8.59. The average Bonchev–Trinajstić information content (AvgIpc) is 2.17. The van der Waals surface area contributed by atoms with E-state index in [-0.39, 0.29) is 5.88 Å². The van der Waals surface area contributed by atoms with Gasteiger partial charge in [0.05, 0.1) is 0 Å². The van der Waals surface area contributed by atoms with Crippen LogP contribution in [0.15, 0.2) is 0 Å². The fourth-order valence-electron chi connectivity index (χ4n) is 1.09. The van der Waals surface area contributed by atoms with Crippen LogP contribution in [0.4, 0.5) is 0 Å². The molecule has 1 heterocycles. The van der Waals surface area contributed by atoms with Crippen LogP contribution in [0.2, 0.25) is 0 Å². The summed E-state index contributed by atoms with van der Waals surface area (Å²) in [6.45, 7) is 7.91. The summed E-state index contributed by atoms with van der Waals surface area (Å²) in [6.07, 6.45) is 0. The lowest BCUT2D eigenvalue weighted by atomic mass is 10.3. The number of hydrogen-bond donors (Lipinski definition) is 1. The van der Waals surface area contributed by atoms with Gasteiger partial charge in [0.2, 0.25) is 5.88 Å². The highest BCUT2D eigenvalue weighted by molar-refractivity contribution is 5.27. The van der Waals surface area contributed by atoms with Crippen LogP contribution in [-0.4, -0.2) is 14.9 Å². The third-order valence-corrected chi connectivity index (χ3v) is 1.91. The first-order chi connectivity index (χ1) is 5.04. The van der Waals surface area contributed by atoms with Crippen LogP contribution in [0.25, 0.3) is 0 Å². The third kappa shape index (κ3) is 1.23. The molecule has 0 aliphatic heterocycles. The average molecular weight is 154 g/mol. The summed E-state index contributed by atoms with van der Waals surface area (Å²) in [7, 11) is 0. The molecule has 3 nitrogen and oxygen atoms in total. The van der Waals surface area contributed by atoms with Gasteiger partial charge in [-0.3, -0.25) is 4.68 Å². The van der Waals surface area contributed by atoms with Crippen LogP contribution in [0.1, 0.15) is 31.1 Å². The van der Waals surface area contributed by atoms with Crippen molar-refractivity contribution in [2.24, 2.45) is 0 Å². The highest BCUT2D eigenvalue weighted by Gasteiger charge is 2.10. The maximum Gasteiger partial charge on any atom is 0.233 e. The SMILES string of the molecule is Cc1c(O)nn(C(C)C)c1C. The lowest BCUT2D eigenvalue weighted by Crippen LogP contribution is -2.04. The van der Waals surface area contributed by atoms with Gasteiger partial charge in [-0.1, -0.05) is 0 Å². The van der Waals surface area contributed by atoms with Gasteiger partial charge in [0.1, 0.15) is 0 Å². The van der Waals surface area contributed by atoms with Gasteiger partial charge in [-0.15, -0.1) is 5.10 Å². The Balaban J connectivity index is 3.19. The number of aromatic hydroxyl groups is 1.